The van der Waals surface area contributed by atoms with Crippen LogP contribution in [0.4, 0.5) is 13.2 Å². The van der Waals surface area contributed by atoms with E-state index in [9.17, 15) is 18.0 Å². The van der Waals surface area contributed by atoms with Crippen molar-refractivity contribution < 1.29 is 31.9 Å². The molecule has 2 radical (unpaired) electrons. The van der Waals surface area contributed by atoms with Gasteiger partial charge >= 0.3 is 12.1 Å². The number of nitrogens with zero attached hydrogens (tertiary/aromatic N) is 1. The summed E-state index contributed by atoms with van der Waals surface area (Å²) in [4.78, 5) is 16.9. The summed E-state index contributed by atoms with van der Waals surface area (Å²) in [7, 11) is 5.72. The lowest BCUT2D eigenvalue weighted by Gasteiger charge is -2.20. The fourth-order valence-corrected chi connectivity index (χ4v) is 3.23. The molecule has 0 aliphatic heterocycles. The van der Waals surface area contributed by atoms with Gasteiger partial charge in [0.2, 0.25) is 12.0 Å². The number of oxazole rings is 1. The maximum absolute atomic E-state index is 13.4. The second-order valence-electron chi connectivity index (χ2n) is 7.11. The van der Waals surface area contributed by atoms with E-state index in [1.807, 2.05) is 0 Å². The van der Waals surface area contributed by atoms with Gasteiger partial charge in [-0.2, -0.15) is 13.2 Å². The summed E-state index contributed by atoms with van der Waals surface area (Å²) < 4.78 is 57.0. The number of carbonyl (C=O) groups excluding carboxylic acids is 1. The second kappa shape index (κ2) is 9.01. The van der Waals surface area contributed by atoms with Crippen molar-refractivity contribution in [3.8, 4) is 17.2 Å². The average molecular weight is 451 g/mol. The van der Waals surface area contributed by atoms with E-state index in [4.69, 9.17) is 21.7 Å². The third-order valence-electron chi connectivity index (χ3n) is 4.82. The van der Waals surface area contributed by atoms with Crippen LogP contribution in [0.5, 0.6) is 5.75 Å². The number of ether oxygens (including phenoxy) is 2. The summed E-state index contributed by atoms with van der Waals surface area (Å²) in [5.74, 6) is -0.799. The summed E-state index contributed by atoms with van der Waals surface area (Å²) in [5, 5.41) is 0. The van der Waals surface area contributed by atoms with Crippen LogP contribution in [0.1, 0.15) is 24.2 Å². The van der Waals surface area contributed by atoms with Gasteiger partial charge in [-0.05, 0) is 37.3 Å². The molecule has 0 aliphatic rings. The van der Waals surface area contributed by atoms with Crippen LogP contribution in [0.2, 0.25) is 0 Å². The number of fused-ring (bicyclic) bond motifs is 1. The van der Waals surface area contributed by atoms with E-state index in [2.05, 4.69) is 4.98 Å². The van der Waals surface area contributed by atoms with Crippen LogP contribution in [0.15, 0.2) is 71.1 Å². The molecule has 1 aromatic heterocycles. The van der Waals surface area contributed by atoms with Crippen LogP contribution in [-0.4, -0.2) is 25.4 Å². The van der Waals surface area contributed by atoms with E-state index in [0.717, 1.165) is 18.2 Å². The molecule has 0 saturated carbocycles. The van der Waals surface area contributed by atoms with Crippen LogP contribution in [0, 0.1) is 0 Å². The number of hydrogen-bond acceptors (Lipinski definition) is 5. The van der Waals surface area contributed by atoms with Crippen molar-refractivity contribution in [2.45, 2.75) is 19.2 Å². The lowest BCUT2D eigenvalue weighted by atomic mass is 9.94. The Morgan fingerprint density at radius 1 is 1.09 bits per heavy atom. The van der Waals surface area contributed by atoms with Crippen molar-refractivity contribution >= 4 is 30.4 Å². The molecule has 1 heterocycles. The maximum Gasteiger partial charge on any atom is 0.416 e. The molecule has 1 atom stereocenters. The zero-order chi connectivity index (χ0) is 23.6. The standard InChI is InChI=1S/C24H17BF3NO4/c1-2-31-23(30)21(14-7-10-16(25)11-8-14)32-19-12-9-15(24(26,27)28)13-17(19)22-29-18-5-3-4-6-20(18)33-22/h3-13,21H,2H2,1H3. The third kappa shape index (κ3) is 4.87. The molecule has 0 aliphatic carbocycles. The number of rotatable bonds is 6. The lowest BCUT2D eigenvalue weighted by Crippen LogP contribution is -2.22. The van der Waals surface area contributed by atoms with Crippen molar-refractivity contribution in [1.29, 1.82) is 0 Å². The van der Waals surface area contributed by atoms with Gasteiger partial charge in [0, 0.05) is 5.56 Å². The number of carbonyl (C=O) groups is 1. The van der Waals surface area contributed by atoms with E-state index in [-0.39, 0.29) is 23.8 Å². The average Bonchev–Trinajstić information content (AvgIpc) is 3.22. The quantitative estimate of drug-likeness (QED) is 0.306. The predicted molar refractivity (Wildman–Crippen MR) is 116 cm³/mol. The molecular weight excluding hydrogens is 434 g/mol. The molecular formula is C24H17BF3NO4. The highest BCUT2D eigenvalue weighted by Crippen LogP contribution is 2.39. The van der Waals surface area contributed by atoms with E-state index in [1.165, 1.54) is 0 Å². The van der Waals surface area contributed by atoms with E-state index in [1.54, 1.807) is 55.5 Å². The van der Waals surface area contributed by atoms with Gasteiger partial charge in [0.1, 0.15) is 19.1 Å². The van der Waals surface area contributed by atoms with Gasteiger partial charge in [0.05, 0.1) is 17.7 Å². The normalized spacial score (nSPS) is 12.5. The van der Waals surface area contributed by atoms with Gasteiger partial charge < -0.3 is 13.9 Å². The van der Waals surface area contributed by atoms with Crippen LogP contribution in [0.25, 0.3) is 22.6 Å². The molecule has 4 aromatic rings. The monoisotopic (exact) mass is 451 g/mol. The lowest BCUT2D eigenvalue weighted by molar-refractivity contribution is -0.151. The van der Waals surface area contributed by atoms with Crippen LogP contribution in [-0.2, 0) is 15.7 Å². The number of para-hydroxylation sites is 2. The number of halogens is 3. The minimum atomic E-state index is -4.60. The summed E-state index contributed by atoms with van der Waals surface area (Å²) in [5.41, 5.74) is 0.805. The second-order valence-corrected chi connectivity index (χ2v) is 7.11. The first-order chi connectivity index (χ1) is 15.8. The molecule has 5 nitrogen and oxygen atoms in total. The van der Waals surface area contributed by atoms with E-state index >= 15 is 0 Å². The molecule has 0 N–H and O–H groups in total. The number of esters is 1. The molecule has 3 aromatic carbocycles. The molecule has 0 saturated heterocycles. The van der Waals surface area contributed by atoms with Crippen LogP contribution in [0.3, 0.4) is 0 Å². The zero-order valence-corrected chi connectivity index (χ0v) is 17.4. The van der Waals surface area contributed by atoms with Crippen molar-refractivity contribution in [2.24, 2.45) is 0 Å². The Balaban J connectivity index is 1.82. The summed E-state index contributed by atoms with van der Waals surface area (Å²) in [6, 6.07) is 16.0. The van der Waals surface area contributed by atoms with E-state index in [0.29, 0.717) is 22.1 Å². The molecule has 33 heavy (non-hydrogen) atoms. The minimum Gasteiger partial charge on any atom is -0.473 e. The maximum atomic E-state index is 13.4. The number of hydrogen-bond donors (Lipinski definition) is 0. The van der Waals surface area contributed by atoms with Crippen LogP contribution < -0.4 is 10.2 Å². The highest BCUT2D eigenvalue weighted by Gasteiger charge is 2.33. The Kier molecular flexibility index (Phi) is 6.13. The van der Waals surface area contributed by atoms with Gasteiger partial charge in [-0.15, -0.1) is 0 Å². The number of alkyl halides is 3. The topological polar surface area (TPSA) is 61.6 Å². The van der Waals surface area contributed by atoms with Gasteiger partial charge in [0.25, 0.3) is 0 Å². The SMILES string of the molecule is [B]c1ccc(C(Oc2ccc(C(F)(F)F)cc2-c2nc3ccccc3o2)C(=O)OCC)cc1. The number of benzene rings is 3. The molecule has 0 bridgehead atoms. The van der Waals surface area contributed by atoms with Gasteiger partial charge in [-0.1, -0.05) is 41.9 Å². The molecule has 4 rings (SSSR count). The van der Waals surface area contributed by atoms with Crippen molar-refractivity contribution in [3.63, 3.8) is 0 Å². The highest BCUT2D eigenvalue weighted by molar-refractivity contribution is 6.32. The van der Waals surface area contributed by atoms with Crippen molar-refractivity contribution in [1.82, 2.24) is 4.98 Å². The fourth-order valence-electron chi connectivity index (χ4n) is 3.23. The first-order valence-electron chi connectivity index (χ1n) is 10.0. The predicted octanol–water partition coefficient (Wildman–Crippen LogP) is 4.99. The third-order valence-corrected chi connectivity index (χ3v) is 4.82. The zero-order valence-electron chi connectivity index (χ0n) is 17.4. The Morgan fingerprint density at radius 2 is 1.82 bits per heavy atom. The van der Waals surface area contributed by atoms with Gasteiger partial charge in [-0.3, -0.25) is 0 Å². The molecule has 0 amide bonds. The molecule has 0 fully saturated rings. The Bertz CT molecular complexity index is 1250. The molecule has 0 spiro atoms. The Morgan fingerprint density at radius 3 is 2.48 bits per heavy atom. The Hall–Kier alpha value is -3.75. The first kappa shape index (κ1) is 22.4. The highest BCUT2D eigenvalue weighted by atomic mass is 19.4. The van der Waals surface area contributed by atoms with Crippen LogP contribution >= 0.6 is 0 Å². The number of aromatic nitrogens is 1. The first-order valence-corrected chi connectivity index (χ1v) is 10.0. The van der Waals surface area contributed by atoms with E-state index < -0.39 is 23.8 Å². The van der Waals surface area contributed by atoms with Gasteiger partial charge in [0.15, 0.2) is 5.58 Å². The fraction of sp³-hybridized carbons (Fsp3) is 0.167. The molecule has 9 heteroatoms. The van der Waals surface area contributed by atoms with Crippen molar-refractivity contribution in [3.05, 3.63) is 77.9 Å². The molecule has 166 valence electrons. The summed E-state index contributed by atoms with van der Waals surface area (Å²) >= 11 is 0. The Labute approximate surface area is 188 Å². The van der Waals surface area contributed by atoms with Crippen molar-refractivity contribution in [2.75, 3.05) is 6.61 Å². The largest absolute Gasteiger partial charge is 0.473 e. The summed E-state index contributed by atoms with van der Waals surface area (Å²) in [6.07, 6.45) is -5.85. The summed E-state index contributed by atoms with van der Waals surface area (Å²) in [6.45, 7) is 1.73. The smallest absolute Gasteiger partial charge is 0.416 e. The molecule has 1 unspecified atom stereocenters. The minimum absolute atomic E-state index is 0.0237. The van der Waals surface area contributed by atoms with Gasteiger partial charge in [-0.25, -0.2) is 9.78 Å².